The van der Waals surface area contributed by atoms with Gasteiger partial charge in [0.25, 0.3) is 0 Å². The van der Waals surface area contributed by atoms with E-state index < -0.39 is 11.9 Å². The van der Waals surface area contributed by atoms with Gasteiger partial charge in [-0.25, -0.2) is 0 Å². The van der Waals surface area contributed by atoms with Crippen molar-refractivity contribution in [3.63, 3.8) is 0 Å². The van der Waals surface area contributed by atoms with E-state index >= 15 is 0 Å². The lowest BCUT2D eigenvalue weighted by Gasteiger charge is -2.18. The molecule has 1 aliphatic rings. The van der Waals surface area contributed by atoms with E-state index in [4.69, 9.17) is 5.11 Å². The molecule has 2 N–H and O–H groups in total. The lowest BCUT2D eigenvalue weighted by molar-refractivity contribution is -0.142. The van der Waals surface area contributed by atoms with Crippen LogP contribution in [-0.2, 0) is 9.59 Å². The molecule has 0 radical (unpaired) electrons. The SMILES string of the molecule is CCC(C)NCC(=O)N1CC(C)C(C(=O)O)C1. The van der Waals surface area contributed by atoms with Crippen LogP contribution >= 0.6 is 0 Å². The number of amides is 1. The van der Waals surface area contributed by atoms with Gasteiger partial charge in [0.05, 0.1) is 12.5 Å². The molecule has 0 aromatic rings. The maximum Gasteiger partial charge on any atom is 0.308 e. The predicted octanol–water partition coefficient (Wildman–Crippen LogP) is 0.554. The van der Waals surface area contributed by atoms with Crippen LogP contribution in [0.15, 0.2) is 0 Å². The smallest absolute Gasteiger partial charge is 0.308 e. The molecule has 1 aliphatic heterocycles. The highest BCUT2D eigenvalue weighted by atomic mass is 16.4. The summed E-state index contributed by atoms with van der Waals surface area (Å²) in [5.41, 5.74) is 0. The second kappa shape index (κ2) is 6.00. The van der Waals surface area contributed by atoms with Gasteiger partial charge in [0.15, 0.2) is 0 Å². The van der Waals surface area contributed by atoms with Gasteiger partial charge in [0.2, 0.25) is 5.91 Å². The first-order valence-electron chi connectivity index (χ1n) is 6.19. The van der Waals surface area contributed by atoms with Crippen molar-refractivity contribution in [2.24, 2.45) is 11.8 Å². The number of likely N-dealkylation sites (tertiary alicyclic amines) is 1. The van der Waals surface area contributed by atoms with Gasteiger partial charge in [-0.05, 0) is 19.3 Å². The van der Waals surface area contributed by atoms with Crippen molar-refractivity contribution in [2.75, 3.05) is 19.6 Å². The topological polar surface area (TPSA) is 69.6 Å². The van der Waals surface area contributed by atoms with Crippen molar-refractivity contribution in [3.05, 3.63) is 0 Å². The van der Waals surface area contributed by atoms with Crippen molar-refractivity contribution in [3.8, 4) is 0 Å². The summed E-state index contributed by atoms with van der Waals surface area (Å²) in [6.45, 7) is 7.16. The first-order valence-corrected chi connectivity index (χ1v) is 6.19. The number of aliphatic carboxylic acids is 1. The molecule has 1 heterocycles. The van der Waals surface area contributed by atoms with Crippen LogP contribution in [0.1, 0.15) is 27.2 Å². The van der Waals surface area contributed by atoms with Crippen LogP contribution in [-0.4, -0.2) is 47.6 Å². The van der Waals surface area contributed by atoms with Gasteiger partial charge in [0, 0.05) is 19.1 Å². The third kappa shape index (κ3) is 3.70. The van der Waals surface area contributed by atoms with Gasteiger partial charge in [-0.15, -0.1) is 0 Å². The summed E-state index contributed by atoms with van der Waals surface area (Å²) >= 11 is 0. The van der Waals surface area contributed by atoms with Gasteiger partial charge in [0.1, 0.15) is 0 Å². The Bertz CT molecular complexity index is 293. The number of carbonyl (C=O) groups is 2. The first-order chi connectivity index (χ1) is 7.95. The second-order valence-corrected chi connectivity index (χ2v) is 4.91. The summed E-state index contributed by atoms with van der Waals surface area (Å²) in [6.07, 6.45) is 0.974. The standard InChI is InChI=1S/C12H22N2O3/c1-4-9(3)13-5-11(15)14-6-8(2)10(7-14)12(16)17/h8-10,13H,4-7H2,1-3H3,(H,16,17). The quantitative estimate of drug-likeness (QED) is 0.739. The molecule has 0 spiro atoms. The molecule has 5 nitrogen and oxygen atoms in total. The zero-order valence-electron chi connectivity index (χ0n) is 10.8. The highest BCUT2D eigenvalue weighted by molar-refractivity contribution is 5.80. The fraction of sp³-hybridized carbons (Fsp3) is 0.833. The van der Waals surface area contributed by atoms with Gasteiger partial charge in [-0.3, -0.25) is 9.59 Å². The van der Waals surface area contributed by atoms with Crippen molar-refractivity contribution in [1.29, 1.82) is 0 Å². The summed E-state index contributed by atoms with van der Waals surface area (Å²) < 4.78 is 0. The molecule has 98 valence electrons. The minimum absolute atomic E-state index is 0.000833. The molecule has 1 saturated heterocycles. The number of carbonyl (C=O) groups excluding carboxylic acids is 1. The third-order valence-corrected chi connectivity index (χ3v) is 3.50. The average Bonchev–Trinajstić information content (AvgIpc) is 2.67. The van der Waals surface area contributed by atoms with Crippen LogP contribution in [0.25, 0.3) is 0 Å². The minimum atomic E-state index is -0.803. The zero-order valence-corrected chi connectivity index (χ0v) is 10.8. The van der Waals surface area contributed by atoms with E-state index in [-0.39, 0.29) is 11.8 Å². The van der Waals surface area contributed by atoms with Crippen LogP contribution in [0.3, 0.4) is 0 Å². The Morgan fingerprint density at radius 2 is 2.12 bits per heavy atom. The van der Waals surface area contributed by atoms with Gasteiger partial charge >= 0.3 is 5.97 Å². The molecule has 1 rings (SSSR count). The third-order valence-electron chi connectivity index (χ3n) is 3.50. The Kier molecular flexibility index (Phi) is 4.93. The molecular weight excluding hydrogens is 220 g/mol. The summed E-state index contributed by atoms with van der Waals surface area (Å²) in [6, 6.07) is 0.314. The lowest BCUT2D eigenvalue weighted by atomic mass is 9.99. The van der Waals surface area contributed by atoms with E-state index in [9.17, 15) is 9.59 Å². The fourth-order valence-electron chi connectivity index (χ4n) is 2.01. The molecule has 3 atom stereocenters. The van der Waals surface area contributed by atoms with Crippen molar-refractivity contribution in [1.82, 2.24) is 10.2 Å². The molecule has 1 amide bonds. The van der Waals surface area contributed by atoms with Crippen molar-refractivity contribution < 1.29 is 14.7 Å². The summed E-state index contributed by atoms with van der Waals surface area (Å²) in [4.78, 5) is 24.4. The van der Waals surface area contributed by atoms with Crippen LogP contribution in [0.5, 0.6) is 0 Å². The van der Waals surface area contributed by atoms with Crippen LogP contribution in [0, 0.1) is 11.8 Å². The molecule has 0 saturated carbocycles. The van der Waals surface area contributed by atoms with E-state index in [1.165, 1.54) is 0 Å². The molecule has 1 fully saturated rings. The largest absolute Gasteiger partial charge is 0.481 e. The summed E-state index contributed by atoms with van der Waals surface area (Å²) in [5, 5.41) is 12.1. The zero-order chi connectivity index (χ0) is 13.0. The number of nitrogens with one attached hydrogen (secondary N) is 1. The van der Waals surface area contributed by atoms with E-state index in [0.717, 1.165) is 6.42 Å². The molecule has 5 heteroatoms. The Hall–Kier alpha value is -1.10. The number of carboxylic acids is 1. The number of hydrogen-bond acceptors (Lipinski definition) is 3. The normalized spacial score (nSPS) is 25.9. The predicted molar refractivity (Wildman–Crippen MR) is 64.6 cm³/mol. The Morgan fingerprint density at radius 3 is 2.59 bits per heavy atom. The van der Waals surface area contributed by atoms with Crippen LogP contribution < -0.4 is 5.32 Å². The fourth-order valence-corrected chi connectivity index (χ4v) is 2.01. The first kappa shape index (κ1) is 14.0. The molecule has 3 unspecified atom stereocenters. The van der Waals surface area contributed by atoms with E-state index in [2.05, 4.69) is 12.2 Å². The number of nitrogens with zero attached hydrogens (tertiary/aromatic N) is 1. The number of rotatable bonds is 5. The Balaban J connectivity index is 2.42. The molecule has 0 aromatic heterocycles. The minimum Gasteiger partial charge on any atom is -0.481 e. The highest BCUT2D eigenvalue weighted by Crippen LogP contribution is 2.22. The number of hydrogen-bond donors (Lipinski definition) is 2. The Morgan fingerprint density at radius 1 is 1.47 bits per heavy atom. The van der Waals surface area contributed by atoms with E-state index in [0.29, 0.717) is 25.7 Å². The molecule has 0 aromatic carbocycles. The van der Waals surface area contributed by atoms with Gasteiger partial charge in [-0.1, -0.05) is 13.8 Å². The molecule has 17 heavy (non-hydrogen) atoms. The number of carboxylic acid groups (broad SMARTS) is 1. The van der Waals surface area contributed by atoms with E-state index in [1.54, 1.807) is 4.90 Å². The van der Waals surface area contributed by atoms with Gasteiger partial charge < -0.3 is 15.3 Å². The monoisotopic (exact) mass is 242 g/mol. The average molecular weight is 242 g/mol. The Labute approximate surface area is 102 Å². The van der Waals surface area contributed by atoms with Crippen molar-refractivity contribution in [2.45, 2.75) is 33.2 Å². The maximum absolute atomic E-state index is 11.8. The lowest BCUT2D eigenvalue weighted by Crippen LogP contribution is -2.40. The van der Waals surface area contributed by atoms with Crippen LogP contribution in [0.4, 0.5) is 0 Å². The molecular formula is C12H22N2O3. The van der Waals surface area contributed by atoms with Crippen molar-refractivity contribution >= 4 is 11.9 Å². The maximum atomic E-state index is 11.8. The van der Waals surface area contributed by atoms with Crippen LogP contribution in [0.2, 0.25) is 0 Å². The van der Waals surface area contributed by atoms with E-state index in [1.807, 2.05) is 13.8 Å². The molecule has 0 aliphatic carbocycles. The van der Waals surface area contributed by atoms with Gasteiger partial charge in [-0.2, -0.15) is 0 Å². The molecule has 0 bridgehead atoms. The second-order valence-electron chi connectivity index (χ2n) is 4.91. The summed E-state index contributed by atoms with van der Waals surface area (Å²) in [5.74, 6) is -1.17. The summed E-state index contributed by atoms with van der Waals surface area (Å²) in [7, 11) is 0. The highest BCUT2D eigenvalue weighted by Gasteiger charge is 2.36.